The van der Waals surface area contributed by atoms with E-state index in [1.165, 1.54) is 25.0 Å². The van der Waals surface area contributed by atoms with Crippen molar-refractivity contribution < 1.29 is 0 Å². The monoisotopic (exact) mass is 279 g/mol. The van der Waals surface area contributed by atoms with Crippen molar-refractivity contribution >= 4 is 29.0 Å². The number of hydrogen-bond donors (Lipinski definition) is 2. The van der Waals surface area contributed by atoms with Gasteiger partial charge in [0.2, 0.25) is 0 Å². The molecule has 0 spiro atoms. The number of fused-ring (bicyclic) bond motifs is 1. The predicted octanol–water partition coefficient (Wildman–Crippen LogP) is 2.72. The molecule has 0 saturated heterocycles. The van der Waals surface area contributed by atoms with Gasteiger partial charge in [-0.3, -0.25) is 0 Å². The van der Waals surface area contributed by atoms with Gasteiger partial charge in [0, 0.05) is 26.0 Å². The van der Waals surface area contributed by atoms with Crippen molar-refractivity contribution in [3.05, 3.63) is 18.6 Å². The van der Waals surface area contributed by atoms with Crippen LogP contribution in [0.5, 0.6) is 0 Å². The van der Waals surface area contributed by atoms with Gasteiger partial charge in [-0.1, -0.05) is 6.42 Å². The fraction of sp³-hybridized carbons (Fsp3) is 0.538. The highest BCUT2D eigenvalue weighted by atomic mass is 32.2. The first kappa shape index (κ1) is 14.0. The molecule has 2 heterocycles. The molecule has 19 heavy (non-hydrogen) atoms. The van der Waals surface area contributed by atoms with Crippen molar-refractivity contribution in [1.29, 1.82) is 0 Å². The van der Waals surface area contributed by atoms with Crippen molar-refractivity contribution in [2.24, 2.45) is 0 Å². The van der Waals surface area contributed by atoms with E-state index in [2.05, 4.69) is 26.9 Å². The molecule has 104 valence electrons. The van der Waals surface area contributed by atoms with Crippen molar-refractivity contribution in [1.82, 2.24) is 14.4 Å². The van der Waals surface area contributed by atoms with E-state index in [4.69, 9.17) is 0 Å². The molecule has 0 fully saturated rings. The molecule has 2 aromatic heterocycles. The first-order valence-corrected chi connectivity index (χ1v) is 7.99. The molecule has 5 nitrogen and oxygen atoms in total. The van der Waals surface area contributed by atoms with Crippen LogP contribution in [0.25, 0.3) is 5.65 Å². The lowest BCUT2D eigenvalue weighted by atomic mass is 10.2. The van der Waals surface area contributed by atoms with E-state index in [1.807, 2.05) is 35.6 Å². The molecule has 0 radical (unpaired) electrons. The zero-order chi connectivity index (χ0) is 13.5. The summed E-state index contributed by atoms with van der Waals surface area (Å²) in [4.78, 5) is 8.85. The molecule has 0 aliphatic rings. The van der Waals surface area contributed by atoms with Gasteiger partial charge in [0.15, 0.2) is 11.5 Å². The second-order valence-corrected chi connectivity index (χ2v) is 5.35. The Morgan fingerprint density at radius 3 is 3.00 bits per heavy atom. The molecular weight excluding hydrogens is 258 g/mol. The highest BCUT2D eigenvalue weighted by molar-refractivity contribution is 7.98. The van der Waals surface area contributed by atoms with Crippen molar-refractivity contribution in [3.63, 3.8) is 0 Å². The van der Waals surface area contributed by atoms with Gasteiger partial charge >= 0.3 is 0 Å². The van der Waals surface area contributed by atoms with E-state index in [0.717, 1.165) is 23.8 Å². The minimum atomic E-state index is 0.843. The molecular formula is C13H21N5S. The zero-order valence-corrected chi connectivity index (χ0v) is 12.3. The van der Waals surface area contributed by atoms with E-state index in [9.17, 15) is 0 Å². The maximum Gasteiger partial charge on any atom is 0.180 e. The molecule has 0 unspecified atom stereocenters. The highest BCUT2D eigenvalue weighted by Gasteiger charge is 2.05. The molecule has 6 heteroatoms. The number of imidazole rings is 1. The Morgan fingerprint density at radius 2 is 2.21 bits per heavy atom. The summed E-state index contributed by atoms with van der Waals surface area (Å²) in [6.45, 7) is 0.942. The van der Waals surface area contributed by atoms with Crippen LogP contribution in [0.2, 0.25) is 0 Å². The molecule has 0 aliphatic carbocycles. The van der Waals surface area contributed by atoms with Crippen LogP contribution in [0.1, 0.15) is 19.3 Å². The summed E-state index contributed by atoms with van der Waals surface area (Å²) in [6, 6.07) is 0. The van der Waals surface area contributed by atoms with Crippen LogP contribution in [0, 0.1) is 0 Å². The summed E-state index contributed by atoms with van der Waals surface area (Å²) in [5.41, 5.74) is 0.878. The van der Waals surface area contributed by atoms with Gasteiger partial charge in [-0.2, -0.15) is 11.8 Å². The van der Waals surface area contributed by atoms with Crippen molar-refractivity contribution in [2.45, 2.75) is 19.3 Å². The fourth-order valence-corrected chi connectivity index (χ4v) is 2.42. The number of thioether (sulfide) groups is 1. The lowest BCUT2D eigenvalue weighted by Gasteiger charge is -2.09. The number of anilines is 2. The smallest absolute Gasteiger partial charge is 0.180 e. The molecule has 2 N–H and O–H groups in total. The summed E-state index contributed by atoms with van der Waals surface area (Å²) in [6.07, 6.45) is 11.5. The second kappa shape index (κ2) is 7.23. The largest absolute Gasteiger partial charge is 0.372 e. The van der Waals surface area contributed by atoms with Crippen molar-refractivity contribution in [3.8, 4) is 0 Å². The zero-order valence-electron chi connectivity index (χ0n) is 11.5. The van der Waals surface area contributed by atoms with E-state index >= 15 is 0 Å². The summed E-state index contributed by atoms with van der Waals surface area (Å²) in [5, 5.41) is 6.45. The number of nitrogens with zero attached hydrogens (tertiary/aromatic N) is 3. The second-order valence-electron chi connectivity index (χ2n) is 4.36. The van der Waals surface area contributed by atoms with Gasteiger partial charge in [0.05, 0.1) is 6.20 Å². The molecule has 0 bridgehead atoms. The first-order chi connectivity index (χ1) is 9.35. The number of hydrogen-bond acceptors (Lipinski definition) is 5. The third kappa shape index (κ3) is 3.76. The summed E-state index contributed by atoms with van der Waals surface area (Å²) in [7, 11) is 1.87. The normalized spacial score (nSPS) is 10.8. The van der Waals surface area contributed by atoms with E-state index in [0.29, 0.717) is 0 Å². The van der Waals surface area contributed by atoms with E-state index < -0.39 is 0 Å². The molecule has 0 atom stereocenters. The number of unbranched alkanes of at least 4 members (excludes halogenated alkanes) is 2. The van der Waals surface area contributed by atoms with Gasteiger partial charge < -0.3 is 15.0 Å². The third-order valence-electron chi connectivity index (χ3n) is 2.95. The van der Waals surface area contributed by atoms with Crippen LogP contribution >= 0.6 is 11.8 Å². The topological polar surface area (TPSA) is 54.2 Å². The minimum absolute atomic E-state index is 0.843. The van der Waals surface area contributed by atoms with Gasteiger partial charge in [0.25, 0.3) is 0 Å². The lowest BCUT2D eigenvalue weighted by molar-refractivity contribution is 0.748. The van der Waals surface area contributed by atoms with Crippen LogP contribution in [0.3, 0.4) is 0 Å². The minimum Gasteiger partial charge on any atom is -0.372 e. The molecule has 2 aromatic rings. The molecule has 0 amide bonds. The summed E-state index contributed by atoms with van der Waals surface area (Å²) >= 11 is 1.91. The summed E-state index contributed by atoms with van der Waals surface area (Å²) < 4.78 is 1.98. The van der Waals surface area contributed by atoms with Crippen LogP contribution in [0.4, 0.5) is 11.6 Å². The van der Waals surface area contributed by atoms with Crippen LogP contribution < -0.4 is 10.6 Å². The Labute approximate surface area is 118 Å². The number of aromatic nitrogens is 3. The third-order valence-corrected chi connectivity index (χ3v) is 3.64. The van der Waals surface area contributed by atoms with Gasteiger partial charge in [-0.05, 0) is 24.9 Å². The number of rotatable bonds is 8. The Balaban J connectivity index is 1.93. The van der Waals surface area contributed by atoms with Gasteiger partial charge in [0.1, 0.15) is 5.82 Å². The van der Waals surface area contributed by atoms with Gasteiger partial charge in [-0.25, -0.2) is 9.97 Å². The average Bonchev–Trinajstić information content (AvgIpc) is 2.90. The first-order valence-electron chi connectivity index (χ1n) is 6.59. The average molecular weight is 279 g/mol. The maximum absolute atomic E-state index is 4.52. The Morgan fingerprint density at radius 1 is 1.32 bits per heavy atom. The highest BCUT2D eigenvalue weighted by Crippen LogP contribution is 2.16. The standard InChI is InChI=1S/C13H21N5S/c1-14-11-10-18-8-7-16-13(18)12(17-11)15-6-4-3-5-9-19-2/h7-8,10,14H,3-6,9H2,1-2H3,(H,15,17). The molecule has 0 aromatic carbocycles. The Kier molecular flexibility index (Phi) is 5.32. The summed E-state index contributed by atoms with van der Waals surface area (Å²) in [5.74, 6) is 2.94. The van der Waals surface area contributed by atoms with Crippen LogP contribution in [-0.4, -0.2) is 40.0 Å². The van der Waals surface area contributed by atoms with Gasteiger partial charge in [-0.15, -0.1) is 0 Å². The van der Waals surface area contributed by atoms with E-state index in [-0.39, 0.29) is 0 Å². The predicted molar refractivity (Wildman–Crippen MR) is 83.3 cm³/mol. The van der Waals surface area contributed by atoms with Crippen molar-refractivity contribution in [2.75, 3.05) is 36.2 Å². The maximum atomic E-state index is 4.52. The lowest BCUT2D eigenvalue weighted by Crippen LogP contribution is -2.07. The Bertz CT molecular complexity index is 511. The SMILES string of the molecule is CNc1cn2ccnc2c(NCCCCCSC)n1. The fourth-order valence-electron chi connectivity index (χ4n) is 1.93. The number of nitrogens with one attached hydrogen (secondary N) is 2. The molecule has 2 rings (SSSR count). The molecule has 0 aliphatic heterocycles. The van der Waals surface area contributed by atoms with E-state index in [1.54, 1.807) is 6.20 Å². The van der Waals surface area contributed by atoms with Crippen LogP contribution in [-0.2, 0) is 0 Å². The molecule has 0 saturated carbocycles. The quantitative estimate of drug-likeness (QED) is 0.728. The van der Waals surface area contributed by atoms with Crippen LogP contribution in [0.15, 0.2) is 18.6 Å². The Hall–Kier alpha value is -1.43.